The van der Waals surface area contributed by atoms with Crippen LogP contribution in [0.15, 0.2) is 14.7 Å². The zero-order chi connectivity index (χ0) is 15.5. The molecule has 1 saturated carbocycles. The van der Waals surface area contributed by atoms with Gasteiger partial charge in [-0.2, -0.15) is 11.8 Å². The van der Waals surface area contributed by atoms with Crippen LogP contribution in [-0.2, 0) is 16.6 Å². The van der Waals surface area contributed by atoms with E-state index in [-0.39, 0.29) is 6.04 Å². The van der Waals surface area contributed by atoms with Gasteiger partial charge in [-0.15, -0.1) is 11.3 Å². The smallest absolute Gasteiger partial charge is 0.242 e. The first-order valence-corrected chi connectivity index (χ1v) is 11.5. The van der Waals surface area contributed by atoms with Gasteiger partial charge in [-0.25, -0.2) is 13.1 Å². The highest BCUT2D eigenvalue weighted by Gasteiger charge is 2.25. The lowest BCUT2D eigenvalue weighted by Crippen LogP contribution is -2.36. The van der Waals surface area contributed by atoms with Crippen molar-refractivity contribution in [2.45, 2.75) is 49.7 Å². The van der Waals surface area contributed by atoms with E-state index in [1.807, 2.05) is 13.2 Å². The fourth-order valence-corrected chi connectivity index (χ4v) is 6.70. The summed E-state index contributed by atoms with van der Waals surface area (Å²) in [5.41, 5.74) is 0. The van der Waals surface area contributed by atoms with Gasteiger partial charge >= 0.3 is 0 Å². The molecule has 1 aliphatic carbocycles. The second-order valence-corrected chi connectivity index (χ2v) is 10.2. The molecule has 0 spiro atoms. The van der Waals surface area contributed by atoms with Gasteiger partial charge in [-0.3, -0.25) is 0 Å². The van der Waals surface area contributed by atoms with Crippen LogP contribution in [0.5, 0.6) is 0 Å². The van der Waals surface area contributed by atoms with Crippen LogP contribution < -0.4 is 10.0 Å². The largest absolute Gasteiger partial charge is 0.309 e. The lowest BCUT2D eigenvalue weighted by molar-refractivity contribution is 0.558. The molecular weight excluding hydrogens is 392 g/mol. The predicted octanol–water partition coefficient (Wildman–Crippen LogP) is 3.18. The highest BCUT2D eigenvalue weighted by atomic mass is 79.9. The summed E-state index contributed by atoms with van der Waals surface area (Å²) in [6, 6.07) is 2.37. The third-order valence-electron chi connectivity index (χ3n) is 3.32. The second-order valence-electron chi connectivity index (χ2n) is 5.19. The van der Waals surface area contributed by atoms with Gasteiger partial charge in [0.2, 0.25) is 10.0 Å². The molecule has 4 nitrogen and oxygen atoms in total. The van der Waals surface area contributed by atoms with E-state index < -0.39 is 10.0 Å². The third kappa shape index (κ3) is 5.21. The minimum Gasteiger partial charge on any atom is -0.309 e. The molecule has 0 aromatic carbocycles. The molecule has 1 atom stereocenters. The Morgan fingerprint density at radius 3 is 2.81 bits per heavy atom. The number of rotatable bonds is 9. The minimum atomic E-state index is -3.45. The van der Waals surface area contributed by atoms with Crippen molar-refractivity contribution < 1.29 is 8.42 Å². The Kier molecular flexibility index (Phi) is 6.58. The fraction of sp³-hybridized carbons (Fsp3) is 0.692. The molecule has 1 heterocycles. The molecule has 0 amide bonds. The second kappa shape index (κ2) is 7.79. The van der Waals surface area contributed by atoms with E-state index in [0.29, 0.717) is 14.7 Å². The van der Waals surface area contributed by atoms with Gasteiger partial charge in [0.15, 0.2) is 0 Å². The predicted molar refractivity (Wildman–Crippen MR) is 94.7 cm³/mol. The number of sulfonamides is 1. The molecule has 0 bridgehead atoms. The minimum absolute atomic E-state index is 0.0233. The van der Waals surface area contributed by atoms with E-state index in [4.69, 9.17) is 0 Å². The molecule has 0 saturated heterocycles. The van der Waals surface area contributed by atoms with Gasteiger partial charge in [0.1, 0.15) is 4.90 Å². The van der Waals surface area contributed by atoms with Crippen LogP contribution in [0, 0.1) is 0 Å². The molecule has 2 rings (SSSR count). The first kappa shape index (κ1) is 17.7. The third-order valence-corrected chi connectivity index (χ3v) is 7.83. The fourth-order valence-electron chi connectivity index (χ4n) is 1.92. The van der Waals surface area contributed by atoms with Crippen molar-refractivity contribution in [1.29, 1.82) is 0 Å². The van der Waals surface area contributed by atoms with Crippen LogP contribution in [0.3, 0.4) is 0 Å². The Balaban J connectivity index is 2.07. The van der Waals surface area contributed by atoms with Gasteiger partial charge in [-0.1, -0.05) is 6.92 Å². The molecule has 1 aromatic heterocycles. The van der Waals surface area contributed by atoms with Crippen molar-refractivity contribution in [3.05, 3.63) is 14.7 Å². The first-order chi connectivity index (χ1) is 9.96. The molecule has 120 valence electrons. The van der Waals surface area contributed by atoms with E-state index in [1.165, 1.54) is 24.2 Å². The van der Waals surface area contributed by atoms with Crippen LogP contribution in [0.2, 0.25) is 0 Å². The lowest BCUT2D eigenvalue weighted by atomic mass is 10.3. The molecular formula is C13H21BrN2O2S3. The van der Waals surface area contributed by atoms with Gasteiger partial charge in [0.05, 0.1) is 3.79 Å². The monoisotopic (exact) mass is 412 g/mol. The first-order valence-electron chi connectivity index (χ1n) is 6.99. The molecule has 0 aliphatic heterocycles. The van der Waals surface area contributed by atoms with Crippen molar-refractivity contribution >= 4 is 49.1 Å². The summed E-state index contributed by atoms with van der Waals surface area (Å²) in [4.78, 5) is 1.41. The highest BCUT2D eigenvalue weighted by Crippen LogP contribution is 2.32. The molecule has 2 N–H and O–H groups in total. The molecule has 0 radical (unpaired) electrons. The summed E-state index contributed by atoms with van der Waals surface area (Å²) in [6.45, 7) is 2.74. The van der Waals surface area contributed by atoms with E-state index in [0.717, 1.165) is 23.6 Å². The standard InChI is InChI=1S/C13H21BrN2O2S3/c1-3-9(8-19-2)16-21(17,18)12-6-11(20-13(12)14)7-15-10-4-5-10/h6,9-10,15-16H,3-5,7-8H2,1-2H3. The van der Waals surface area contributed by atoms with Crippen molar-refractivity contribution in [3.63, 3.8) is 0 Å². The summed E-state index contributed by atoms with van der Waals surface area (Å²) in [5.74, 6) is 0.785. The van der Waals surface area contributed by atoms with E-state index in [1.54, 1.807) is 17.8 Å². The van der Waals surface area contributed by atoms with Crippen molar-refractivity contribution in [3.8, 4) is 0 Å². The average Bonchev–Trinajstić information content (AvgIpc) is 3.18. The Bertz CT molecular complexity index is 570. The SMILES string of the molecule is CCC(CSC)NS(=O)(=O)c1cc(CNC2CC2)sc1Br. The summed E-state index contributed by atoms with van der Waals surface area (Å²) in [7, 11) is -3.45. The zero-order valence-electron chi connectivity index (χ0n) is 12.2. The maximum atomic E-state index is 12.5. The molecule has 8 heteroatoms. The number of nitrogens with one attached hydrogen (secondary N) is 2. The maximum Gasteiger partial charge on any atom is 0.242 e. The molecule has 1 fully saturated rings. The van der Waals surface area contributed by atoms with Gasteiger partial charge in [0, 0.05) is 29.3 Å². The van der Waals surface area contributed by atoms with E-state index in [9.17, 15) is 8.42 Å². The normalized spacial score (nSPS) is 17.1. The molecule has 1 aromatic rings. The van der Waals surface area contributed by atoms with Gasteiger partial charge in [0.25, 0.3) is 0 Å². The summed E-state index contributed by atoms with van der Waals surface area (Å²) in [5, 5.41) is 3.41. The van der Waals surface area contributed by atoms with Crippen molar-refractivity contribution in [2.75, 3.05) is 12.0 Å². The van der Waals surface area contributed by atoms with Crippen LogP contribution in [-0.4, -0.2) is 32.5 Å². The highest BCUT2D eigenvalue weighted by molar-refractivity contribution is 9.11. The van der Waals surface area contributed by atoms with Crippen LogP contribution in [0.25, 0.3) is 0 Å². The van der Waals surface area contributed by atoms with Crippen LogP contribution in [0.4, 0.5) is 0 Å². The van der Waals surface area contributed by atoms with E-state index >= 15 is 0 Å². The van der Waals surface area contributed by atoms with Crippen LogP contribution in [0.1, 0.15) is 31.1 Å². The van der Waals surface area contributed by atoms with Crippen molar-refractivity contribution in [2.24, 2.45) is 0 Å². The summed E-state index contributed by atoms with van der Waals surface area (Å²) < 4.78 is 28.5. The Hall–Kier alpha value is 0.400. The molecule has 21 heavy (non-hydrogen) atoms. The molecule has 1 aliphatic rings. The van der Waals surface area contributed by atoms with Crippen LogP contribution >= 0.6 is 39.0 Å². The number of halogens is 1. The number of hydrogen-bond acceptors (Lipinski definition) is 5. The number of thioether (sulfide) groups is 1. The van der Waals surface area contributed by atoms with E-state index in [2.05, 4.69) is 26.0 Å². The quantitative estimate of drug-likeness (QED) is 0.653. The Morgan fingerprint density at radius 1 is 1.52 bits per heavy atom. The van der Waals surface area contributed by atoms with Gasteiger partial charge in [-0.05, 0) is 47.5 Å². The number of hydrogen-bond donors (Lipinski definition) is 2. The average molecular weight is 413 g/mol. The van der Waals surface area contributed by atoms with Crippen molar-refractivity contribution in [1.82, 2.24) is 10.0 Å². The summed E-state index contributed by atoms with van der Waals surface area (Å²) >= 11 is 6.53. The maximum absolute atomic E-state index is 12.5. The molecule has 1 unspecified atom stereocenters. The zero-order valence-corrected chi connectivity index (χ0v) is 16.2. The summed E-state index contributed by atoms with van der Waals surface area (Å²) in [6.07, 6.45) is 5.23. The Morgan fingerprint density at radius 2 is 2.24 bits per heavy atom. The number of thiophene rings is 1. The van der Waals surface area contributed by atoms with Gasteiger partial charge < -0.3 is 5.32 Å². The lowest BCUT2D eigenvalue weighted by Gasteiger charge is -2.15. The Labute approximate surface area is 143 Å². The topological polar surface area (TPSA) is 58.2 Å².